The fourth-order valence-corrected chi connectivity index (χ4v) is 0.906. The topological polar surface area (TPSA) is 75.4 Å². The molecule has 0 unspecified atom stereocenters. The van der Waals surface area contributed by atoms with Crippen molar-refractivity contribution in [3.63, 3.8) is 0 Å². The number of amides is 4. The first-order chi connectivity index (χ1) is 5.86. The molecule has 0 aliphatic carbocycles. The lowest BCUT2D eigenvalue weighted by Crippen LogP contribution is -2.51. The van der Waals surface area contributed by atoms with Crippen LogP contribution in [0.5, 0.6) is 0 Å². The Morgan fingerprint density at radius 1 is 1.23 bits per heavy atom. The number of urea groups is 2. The molecule has 5 nitrogen and oxygen atoms in total. The molecule has 0 aromatic heterocycles. The lowest BCUT2D eigenvalue weighted by atomic mass is 10.3. The highest BCUT2D eigenvalue weighted by atomic mass is 16.2. The van der Waals surface area contributed by atoms with E-state index in [0.717, 1.165) is 4.90 Å². The Kier molecular flexibility index (Phi) is 4.23. The zero-order valence-corrected chi connectivity index (χ0v) is 8.50. The number of carbonyl (C=O) groups excluding carboxylic acids is 2. The number of primary amides is 1. The molecule has 3 N–H and O–H groups in total. The second-order valence-electron chi connectivity index (χ2n) is 3.41. The normalized spacial score (nSPS) is 10.3. The van der Waals surface area contributed by atoms with Crippen LogP contribution >= 0.6 is 0 Å². The maximum atomic E-state index is 11.4. The van der Waals surface area contributed by atoms with E-state index in [2.05, 4.69) is 5.32 Å². The predicted molar refractivity (Wildman–Crippen MR) is 50.2 cm³/mol. The highest BCUT2D eigenvalue weighted by Gasteiger charge is 2.21. The van der Waals surface area contributed by atoms with E-state index in [1.54, 1.807) is 13.8 Å². The molecule has 5 heteroatoms. The first-order valence-electron chi connectivity index (χ1n) is 4.25. The molecule has 0 bridgehead atoms. The molecule has 0 saturated carbocycles. The van der Waals surface area contributed by atoms with E-state index in [0.29, 0.717) is 0 Å². The Morgan fingerprint density at radius 3 is 1.92 bits per heavy atom. The first-order valence-corrected chi connectivity index (χ1v) is 4.25. The maximum Gasteiger partial charge on any atom is 0.325 e. The van der Waals surface area contributed by atoms with E-state index in [-0.39, 0.29) is 12.1 Å². The van der Waals surface area contributed by atoms with Crippen molar-refractivity contribution in [2.75, 3.05) is 0 Å². The van der Waals surface area contributed by atoms with Crippen molar-refractivity contribution in [2.24, 2.45) is 5.73 Å². The number of nitrogens with one attached hydrogen (secondary N) is 1. The van der Waals surface area contributed by atoms with Crippen LogP contribution in [0.4, 0.5) is 9.59 Å². The largest absolute Gasteiger partial charge is 0.351 e. The van der Waals surface area contributed by atoms with E-state index >= 15 is 0 Å². The molecule has 0 spiro atoms. The summed E-state index contributed by atoms with van der Waals surface area (Å²) < 4.78 is 0. The van der Waals surface area contributed by atoms with Gasteiger partial charge in [0.2, 0.25) is 0 Å². The molecule has 4 amide bonds. The summed E-state index contributed by atoms with van der Waals surface area (Å²) in [5.41, 5.74) is 5.04. The first kappa shape index (κ1) is 11.7. The second kappa shape index (κ2) is 4.69. The van der Waals surface area contributed by atoms with Gasteiger partial charge in [0.1, 0.15) is 0 Å². The predicted octanol–water partition coefficient (Wildman–Crippen LogP) is 0.894. The quantitative estimate of drug-likeness (QED) is 0.673. The number of hydrogen-bond acceptors (Lipinski definition) is 2. The van der Waals surface area contributed by atoms with Crippen LogP contribution < -0.4 is 11.1 Å². The van der Waals surface area contributed by atoms with Crippen LogP contribution in [0.2, 0.25) is 0 Å². The van der Waals surface area contributed by atoms with E-state index in [9.17, 15) is 9.59 Å². The number of rotatable bonds is 2. The van der Waals surface area contributed by atoms with Crippen LogP contribution in [0.25, 0.3) is 0 Å². The molecule has 0 radical (unpaired) electrons. The van der Waals surface area contributed by atoms with Gasteiger partial charge in [-0.15, -0.1) is 0 Å². The van der Waals surface area contributed by atoms with E-state index in [4.69, 9.17) is 5.73 Å². The maximum absolute atomic E-state index is 11.4. The van der Waals surface area contributed by atoms with Crippen LogP contribution in [-0.2, 0) is 0 Å². The van der Waals surface area contributed by atoms with Crippen LogP contribution in [0.15, 0.2) is 0 Å². The summed E-state index contributed by atoms with van der Waals surface area (Å²) in [7, 11) is 0. The molecule has 0 aliphatic rings. The Morgan fingerprint density at radius 2 is 1.69 bits per heavy atom. The molecule has 0 rings (SSSR count). The molecular formula is C8H17N3O2. The second-order valence-corrected chi connectivity index (χ2v) is 3.41. The van der Waals surface area contributed by atoms with Crippen molar-refractivity contribution in [1.29, 1.82) is 0 Å². The average Bonchev–Trinajstić information content (AvgIpc) is 1.81. The fourth-order valence-electron chi connectivity index (χ4n) is 0.906. The van der Waals surface area contributed by atoms with Crippen LogP contribution in [0.3, 0.4) is 0 Å². The van der Waals surface area contributed by atoms with Crippen molar-refractivity contribution in [3.05, 3.63) is 0 Å². The van der Waals surface area contributed by atoms with E-state index in [1.165, 1.54) is 0 Å². The summed E-state index contributed by atoms with van der Waals surface area (Å²) in [6, 6.07) is -1.41. The summed E-state index contributed by atoms with van der Waals surface area (Å²) in [5.74, 6) is 0. The minimum absolute atomic E-state index is 0.00639. The van der Waals surface area contributed by atoms with Crippen LogP contribution in [0, 0.1) is 0 Å². The van der Waals surface area contributed by atoms with Gasteiger partial charge in [0.05, 0.1) is 0 Å². The SMILES string of the molecule is CC(C)NC(=O)N(C(N)=O)C(C)C. The minimum atomic E-state index is -0.729. The van der Waals surface area contributed by atoms with Gasteiger partial charge < -0.3 is 11.1 Å². The molecule has 0 aliphatic heterocycles. The number of nitrogens with zero attached hydrogens (tertiary/aromatic N) is 1. The van der Waals surface area contributed by atoms with E-state index < -0.39 is 12.1 Å². The molecule has 76 valence electrons. The summed E-state index contributed by atoms with van der Waals surface area (Å²) >= 11 is 0. The van der Waals surface area contributed by atoms with Crippen molar-refractivity contribution < 1.29 is 9.59 Å². The Bertz CT molecular complexity index is 202. The van der Waals surface area contributed by atoms with Crippen LogP contribution in [0.1, 0.15) is 27.7 Å². The summed E-state index contributed by atoms with van der Waals surface area (Å²) in [6.07, 6.45) is 0. The van der Waals surface area contributed by atoms with Crippen molar-refractivity contribution in [1.82, 2.24) is 10.2 Å². The van der Waals surface area contributed by atoms with Gasteiger partial charge in [-0.25, -0.2) is 14.5 Å². The molecular weight excluding hydrogens is 170 g/mol. The van der Waals surface area contributed by atoms with Gasteiger partial charge in [0.25, 0.3) is 0 Å². The highest BCUT2D eigenvalue weighted by Crippen LogP contribution is 1.98. The van der Waals surface area contributed by atoms with E-state index in [1.807, 2.05) is 13.8 Å². The van der Waals surface area contributed by atoms with Crippen molar-refractivity contribution >= 4 is 12.1 Å². The van der Waals surface area contributed by atoms with Gasteiger partial charge in [-0.05, 0) is 27.7 Å². The Balaban J connectivity index is 4.38. The molecule has 13 heavy (non-hydrogen) atoms. The third-order valence-corrected chi connectivity index (χ3v) is 1.38. The fraction of sp³-hybridized carbons (Fsp3) is 0.750. The summed E-state index contributed by atoms with van der Waals surface area (Å²) in [4.78, 5) is 23.2. The lowest BCUT2D eigenvalue weighted by Gasteiger charge is -2.23. The van der Waals surface area contributed by atoms with Crippen molar-refractivity contribution in [2.45, 2.75) is 39.8 Å². The molecule has 0 atom stereocenters. The number of hydrogen-bond donors (Lipinski definition) is 2. The third-order valence-electron chi connectivity index (χ3n) is 1.38. The zero-order valence-electron chi connectivity index (χ0n) is 8.50. The van der Waals surface area contributed by atoms with Gasteiger partial charge >= 0.3 is 12.1 Å². The van der Waals surface area contributed by atoms with Crippen molar-refractivity contribution in [3.8, 4) is 0 Å². The molecule has 0 aromatic rings. The number of imide groups is 1. The highest BCUT2D eigenvalue weighted by molar-refractivity contribution is 5.93. The molecule has 0 fully saturated rings. The molecule has 0 saturated heterocycles. The monoisotopic (exact) mass is 187 g/mol. The van der Waals surface area contributed by atoms with Gasteiger partial charge in [0.15, 0.2) is 0 Å². The average molecular weight is 187 g/mol. The molecule has 0 aromatic carbocycles. The lowest BCUT2D eigenvalue weighted by molar-refractivity contribution is 0.179. The standard InChI is InChI=1S/C8H17N3O2/c1-5(2)10-8(13)11(6(3)4)7(9)12/h5-6H,1-4H3,(H2,9,12)(H,10,13). The minimum Gasteiger partial charge on any atom is -0.351 e. The Labute approximate surface area is 78.3 Å². The number of nitrogens with two attached hydrogens (primary N) is 1. The van der Waals surface area contributed by atoms with Gasteiger partial charge in [-0.3, -0.25) is 0 Å². The van der Waals surface area contributed by atoms with Gasteiger partial charge in [0, 0.05) is 12.1 Å². The Hall–Kier alpha value is -1.26. The third kappa shape index (κ3) is 3.78. The smallest absolute Gasteiger partial charge is 0.325 e. The van der Waals surface area contributed by atoms with Gasteiger partial charge in [-0.2, -0.15) is 0 Å². The summed E-state index contributed by atoms with van der Waals surface area (Å²) in [6.45, 7) is 7.09. The number of carbonyl (C=O) groups is 2. The zero-order chi connectivity index (χ0) is 10.6. The summed E-state index contributed by atoms with van der Waals surface area (Å²) in [5, 5.41) is 2.59. The van der Waals surface area contributed by atoms with Gasteiger partial charge in [-0.1, -0.05) is 0 Å². The molecule has 0 heterocycles. The van der Waals surface area contributed by atoms with Crippen LogP contribution in [-0.4, -0.2) is 29.0 Å².